The Labute approximate surface area is 298 Å². The fraction of sp³-hybridized carbons (Fsp3) is 0.526. The molecule has 2 aliphatic rings. The number of carbonyl (C=O) groups is 1. The molecule has 0 bridgehead atoms. The first kappa shape index (κ1) is 38.0. The Morgan fingerprint density at radius 2 is 1.78 bits per heavy atom. The van der Waals surface area contributed by atoms with Crippen LogP contribution in [0.15, 0.2) is 54.9 Å². The molecular formula is C38H50ClN3O8. The molecule has 2 saturated carbocycles. The number of hydrogen-bond acceptors (Lipinski definition) is 9. The van der Waals surface area contributed by atoms with Crippen LogP contribution < -0.4 is 10.1 Å². The van der Waals surface area contributed by atoms with Crippen molar-refractivity contribution in [2.45, 2.75) is 102 Å². The summed E-state index contributed by atoms with van der Waals surface area (Å²) in [6.07, 6.45) is 3.76. The van der Waals surface area contributed by atoms with E-state index in [0.717, 1.165) is 84.1 Å². The van der Waals surface area contributed by atoms with Crippen LogP contribution in [0.5, 0.6) is 5.75 Å². The van der Waals surface area contributed by atoms with Gasteiger partial charge in [-0.3, -0.25) is 4.98 Å². The lowest BCUT2D eigenvalue weighted by molar-refractivity contribution is -0.113. The molecule has 2 fully saturated rings. The molecule has 0 radical (unpaired) electrons. The molecule has 5 rings (SSSR count). The van der Waals surface area contributed by atoms with E-state index in [-0.39, 0.29) is 6.54 Å². The van der Waals surface area contributed by atoms with Gasteiger partial charge in [0, 0.05) is 48.2 Å². The number of aryl methyl sites for hydroxylation is 2. The SMILES string of the molecule is CCN(CCCCc1cc(Cl)c(COC2(c3cnccc3-c3ccccc3OC3CC3)CC2)cc1C)C(=O)NC[C@H](O)[C@@H](O)[C@H](O)[C@H](O)CO. The molecule has 1 heterocycles. The summed E-state index contributed by atoms with van der Waals surface area (Å²) in [4.78, 5) is 18.7. The molecule has 50 heavy (non-hydrogen) atoms. The highest BCUT2D eigenvalue weighted by Gasteiger charge is 2.48. The Hall–Kier alpha value is -3.29. The fourth-order valence-electron chi connectivity index (χ4n) is 6.14. The Morgan fingerprint density at radius 3 is 2.48 bits per heavy atom. The van der Waals surface area contributed by atoms with Gasteiger partial charge in [0.2, 0.25) is 0 Å². The number of urea groups is 1. The van der Waals surface area contributed by atoms with Gasteiger partial charge >= 0.3 is 6.03 Å². The van der Waals surface area contributed by atoms with Crippen molar-refractivity contribution in [3.8, 4) is 16.9 Å². The number of unbranched alkanes of at least 4 members (excludes halogenated alkanes) is 1. The van der Waals surface area contributed by atoms with Gasteiger partial charge < -0.3 is 45.2 Å². The summed E-state index contributed by atoms with van der Waals surface area (Å²) >= 11 is 6.80. The molecule has 0 aliphatic heterocycles. The van der Waals surface area contributed by atoms with Crippen LogP contribution >= 0.6 is 11.6 Å². The number of ether oxygens (including phenoxy) is 2. The number of carbonyl (C=O) groups excluding carboxylic acids is 1. The Balaban J connectivity index is 1.12. The third-order valence-electron chi connectivity index (χ3n) is 9.60. The van der Waals surface area contributed by atoms with E-state index in [1.54, 1.807) is 4.90 Å². The van der Waals surface area contributed by atoms with Crippen molar-refractivity contribution in [3.05, 3.63) is 82.1 Å². The molecule has 0 unspecified atom stereocenters. The number of para-hydroxylation sites is 1. The van der Waals surface area contributed by atoms with Gasteiger partial charge in [0.15, 0.2) is 0 Å². The molecule has 2 amide bonds. The van der Waals surface area contributed by atoms with Crippen LogP contribution in [0.2, 0.25) is 5.02 Å². The van der Waals surface area contributed by atoms with Gasteiger partial charge in [-0.25, -0.2) is 4.79 Å². The molecule has 2 aromatic carbocycles. The van der Waals surface area contributed by atoms with E-state index in [4.69, 9.17) is 26.2 Å². The number of aromatic nitrogens is 1. The number of rotatable bonds is 19. The average Bonchev–Trinajstić information content (AvgIpc) is 4.08. The predicted molar refractivity (Wildman–Crippen MR) is 190 cm³/mol. The third kappa shape index (κ3) is 9.52. The normalized spacial score (nSPS) is 17.4. The van der Waals surface area contributed by atoms with Crippen LogP contribution in [-0.2, 0) is 23.4 Å². The molecule has 11 nitrogen and oxygen atoms in total. The summed E-state index contributed by atoms with van der Waals surface area (Å²) < 4.78 is 12.9. The number of hydrogen-bond donors (Lipinski definition) is 6. The van der Waals surface area contributed by atoms with Gasteiger partial charge in [-0.05, 0) is 99.2 Å². The van der Waals surface area contributed by atoms with Gasteiger partial charge in [-0.1, -0.05) is 35.9 Å². The number of nitrogens with zero attached hydrogens (tertiary/aromatic N) is 2. The van der Waals surface area contributed by atoms with Gasteiger partial charge in [0.25, 0.3) is 0 Å². The van der Waals surface area contributed by atoms with Crippen LogP contribution in [0.3, 0.4) is 0 Å². The van der Waals surface area contributed by atoms with E-state index in [9.17, 15) is 25.2 Å². The zero-order valence-electron chi connectivity index (χ0n) is 28.8. The number of amides is 2. The molecule has 6 N–H and O–H groups in total. The summed E-state index contributed by atoms with van der Waals surface area (Å²) in [5, 5.41) is 51.5. The Bertz CT molecular complexity index is 1580. The van der Waals surface area contributed by atoms with Crippen LogP contribution in [0.25, 0.3) is 11.1 Å². The molecule has 272 valence electrons. The number of nitrogens with one attached hydrogen (secondary N) is 1. The average molecular weight is 712 g/mol. The first-order valence-electron chi connectivity index (χ1n) is 17.5. The highest BCUT2D eigenvalue weighted by atomic mass is 35.5. The second-order valence-corrected chi connectivity index (χ2v) is 13.8. The van der Waals surface area contributed by atoms with Crippen molar-refractivity contribution >= 4 is 17.6 Å². The van der Waals surface area contributed by atoms with Crippen molar-refractivity contribution in [3.63, 3.8) is 0 Å². The van der Waals surface area contributed by atoms with E-state index in [0.29, 0.717) is 30.8 Å². The molecular weight excluding hydrogens is 662 g/mol. The molecule has 1 aromatic heterocycles. The number of aliphatic hydroxyl groups excluding tert-OH is 5. The maximum atomic E-state index is 12.7. The summed E-state index contributed by atoms with van der Waals surface area (Å²) in [6, 6.07) is 13.9. The molecule has 4 atom stereocenters. The van der Waals surface area contributed by atoms with E-state index in [2.05, 4.69) is 29.4 Å². The number of aliphatic hydroxyl groups is 5. The lowest BCUT2D eigenvalue weighted by Crippen LogP contribution is -2.51. The van der Waals surface area contributed by atoms with Crippen molar-refractivity contribution in [2.24, 2.45) is 0 Å². The number of halogens is 1. The molecule has 2 aliphatic carbocycles. The van der Waals surface area contributed by atoms with E-state index < -0.39 is 42.7 Å². The zero-order valence-corrected chi connectivity index (χ0v) is 29.6. The topological polar surface area (TPSA) is 165 Å². The maximum absolute atomic E-state index is 12.7. The van der Waals surface area contributed by atoms with Gasteiger partial charge in [0.1, 0.15) is 24.1 Å². The molecule has 12 heteroatoms. The quantitative estimate of drug-likeness (QED) is 0.0998. The summed E-state index contributed by atoms with van der Waals surface area (Å²) in [7, 11) is 0. The second kappa shape index (κ2) is 17.3. The van der Waals surface area contributed by atoms with Crippen LogP contribution in [0.4, 0.5) is 4.79 Å². The maximum Gasteiger partial charge on any atom is 0.317 e. The van der Waals surface area contributed by atoms with Crippen LogP contribution in [-0.4, -0.2) is 98.2 Å². The molecule has 3 aromatic rings. The van der Waals surface area contributed by atoms with Crippen molar-refractivity contribution in [1.82, 2.24) is 15.2 Å². The standard InChI is InChI=1S/C38H50ClN3O8/c1-3-42(37(48)41-21-32(44)35(46)36(47)33(45)22-43)17-7-6-8-25-19-31(39)26(18-24(25)2)23-49-38(14-15-38)30-20-40-16-13-28(30)29-9-4-5-10-34(29)50-27-11-12-27/h4-5,9-10,13,16,18-20,27,32-33,35-36,43-47H,3,6-8,11-12,14-15,17,21-23H2,1-2H3,(H,41,48)/t32-,33+,35+,36+/m0/s1. The summed E-state index contributed by atoms with van der Waals surface area (Å²) in [5.41, 5.74) is 5.96. The Kier molecular flexibility index (Phi) is 13.1. The molecule has 0 spiro atoms. The minimum Gasteiger partial charge on any atom is -0.490 e. The smallest absolute Gasteiger partial charge is 0.317 e. The highest BCUT2D eigenvalue weighted by molar-refractivity contribution is 6.31. The van der Waals surface area contributed by atoms with Gasteiger partial charge in [-0.2, -0.15) is 0 Å². The summed E-state index contributed by atoms with van der Waals surface area (Å²) in [5.74, 6) is 0.892. The number of pyridine rings is 1. The third-order valence-corrected chi connectivity index (χ3v) is 9.95. The van der Waals surface area contributed by atoms with E-state index in [1.165, 1.54) is 0 Å². The molecule has 0 saturated heterocycles. The first-order valence-corrected chi connectivity index (χ1v) is 17.9. The minimum atomic E-state index is -1.75. The van der Waals surface area contributed by atoms with E-state index in [1.807, 2.05) is 49.6 Å². The van der Waals surface area contributed by atoms with Crippen molar-refractivity contribution in [2.75, 3.05) is 26.2 Å². The van der Waals surface area contributed by atoms with Crippen LogP contribution in [0, 0.1) is 6.92 Å². The van der Waals surface area contributed by atoms with Crippen LogP contribution in [0.1, 0.15) is 67.7 Å². The lowest BCUT2D eigenvalue weighted by Gasteiger charge is -2.27. The predicted octanol–water partition coefficient (Wildman–Crippen LogP) is 4.25. The van der Waals surface area contributed by atoms with E-state index >= 15 is 0 Å². The first-order chi connectivity index (χ1) is 24.1. The minimum absolute atomic E-state index is 0.296. The van der Waals surface area contributed by atoms with Crippen molar-refractivity contribution in [1.29, 1.82) is 0 Å². The number of benzene rings is 2. The Morgan fingerprint density at radius 1 is 1.04 bits per heavy atom. The highest BCUT2D eigenvalue weighted by Crippen LogP contribution is 2.53. The largest absolute Gasteiger partial charge is 0.490 e. The van der Waals surface area contributed by atoms with Gasteiger partial charge in [0.05, 0.1) is 31.0 Å². The second-order valence-electron chi connectivity index (χ2n) is 13.4. The lowest BCUT2D eigenvalue weighted by atomic mass is 9.96. The van der Waals surface area contributed by atoms with Crippen molar-refractivity contribution < 1.29 is 39.8 Å². The summed E-state index contributed by atoms with van der Waals surface area (Å²) in [6.45, 7) is 4.13. The zero-order chi connectivity index (χ0) is 35.8. The monoisotopic (exact) mass is 711 g/mol. The van der Waals surface area contributed by atoms with Gasteiger partial charge in [-0.15, -0.1) is 0 Å². The fourth-order valence-corrected chi connectivity index (χ4v) is 6.38.